The predicted molar refractivity (Wildman–Crippen MR) is 62.0 cm³/mol. The van der Waals surface area contributed by atoms with Crippen LogP contribution in [0.3, 0.4) is 0 Å². The maximum Gasteiger partial charge on any atom is 0.124 e. The Bertz CT molecular complexity index is 329. The maximum atomic E-state index is 5.97. The van der Waals surface area contributed by atoms with E-state index in [4.69, 9.17) is 10.5 Å². The fourth-order valence-electron chi connectivity index (χ4n) is 2.17. The van der Waals surface area contributed by atoms with E-state index >= 15 is 0 Å². The molecule has 1 aliphatic rings. The molecule has 1 fully saturated rings. The molecule has 0 heterocycles. The lowest BCUT2D eigenvalue weighted by molar-refractivity contribution is 0.208. The molecular weight excluding hydrogens is 186 g/mol. The van der Waals surface area contributed by atoms with Gasteiger partial charge in [0.2, 0.25) is 0 Å². The summed E-state index contributed by atoms with van der Waals surface area (Å²) in [4.78, 5) is 0. The number of aryl methyl sites for hydroxylation is 1. The average molecular weight is 205 g/mol. The standard InChI is InChI=1S/C13H19NO/c1-10-6-7-13(11(8-10)9-14)15-12-4-2-3-5-12/h6-8,12H,2-5,9,14H2,1H3. The molecular formula is C13H19NO. The van der Waals surface area contributed by atoms with Gasteiger partial charge in [0.05, 0.1) is 6.10 Å². The molecule has 1 saturated carbocycles. The van der Waals surface area contributed by atoms with Gasteiger partial charge in [0.15, 0.2) is 0 Å². The van der Waals surface area contributed by atoms with E-state index in [1.807, 2.05) is 0 Å². The second-order valence-corrected chi connectivity index (χ2v) is 4.34. The highest BCUT2D eigenvalue weighted by molar-refractivity contribution is 5.36. The Kier molecular flexibility index (Phi) is 3.27. The van der Waals surface area contributed by atoms with Gasteiger partial charge in [0.25, 0.3) is 0 Å². The molecule has 2 nitrogen and oxygen atoms in total. The van der Waals surface area contributed by atoms with E-state index in [9.17, 15) is 0 Å². The SMILES string of the molecule is Cc1ccc(OC2CCCC2)c(CN)c1. The molecule has 1 aromatic carbocycles. The van der Waals surface area contributed by atoms with E-state index in [1.165, 1.54) is 31.2 Å². The summed E-state index contributed by atoms with van der Waals surface area (Å²) in [7, 11) is 0. The lowest BCUT2D eigenvalue weighted by atomic mass is 10.1. The van der Waals surface area contributed by atoms with Crippen molar-refractivity contribution in [1.82, 2.24) is 0 Å². The number of benzene rings is 1. The minimum atomic E-state index is 0.415. The molecule has 0 amide bonds. The molecule has 0 bridgehead atoms. The van der Waals surface area contributed by atoms with Gasteiger partial charge in [-0.25, -0.2) is 0 Å². The van der Waals surface area contributed by atoms with Crippen LogP contribution in [0.1, 0.15) is 36.8 Å². The summed E-state index contributed by atoms with van der Waals surface area (Å²) in [5, 5.41) is 0. The first-order valence-electron chi connectivity index (χ1n) is 5.76. The molecule has 2 heteroatoms. The second-order valence-electron chi connectivity index (χ2n) is 4.34. The van der Waals surface area contributed by atoms with Crippen molar-refractivity contribution in [3.8, 4) is 5.75 Å². The Labute approximate surface area is 91.4 Å². The first-order chi connectivity index (χ1) is 7.29. The highest BCUT2D eigenvalue weighted by Crippen LogP contribution is 2.27. The molecule has 0 unspecified atom stereocenters. The number of rotatable bonds is 3. The molecule has 15 heavy (non-hydrogen) atoms. The summed E-state index contributed by atoms with van der Waals surface area (Å²) in [5.74, 6) is 0.981. The van der Waals surface area contributed by atoms with E-state index in [-0.39, 0.29) is 0 Å². The summed E-state index contributed by atoms with van der Waals surface area (Å²) in [6.45, 7) is 2.64. The van der Waals surface area contributed by atoms with Crippen LogP contribution in [0.5, 0.6) is 5.75 Å². The first-order valence-corrected chi connectivity index (χ1v) is 5.76. The summed E-state index contributed by atoms with van der Waals surface area (Å²) in [6, 6.07) is 6.25. The Hall–Kier alpha value is -1.02. The highest BCUT2D eigenvalue weighted by Gasteiger charge is 2.17. The third kappa shape index (κ3) is 2.51. The smallest absolute Gasteiger partial charge is 0.124 e. The molecule has 82 valence electrons. The zero-order valence-electron chi connectivity index (χ0n) is 9.33. The number of hydrogen-bond acceptors (Lipinski definition) is 2. The lowest BCUT2D eigenvalue weighted by Crippen LogP contribution is -2.13. The van der Waals surface area contributed by atoms with Crippen molar-refractivity contribution in [2.45, 2.75) is 45.3 Å². The van der Waals surface area contributed by atoms with Crippen molar-refractivity contribution in [3.63, 3.8) is 0 Å². The summed E-state index contributed by atoms with van der Waals surface area (Å²) < 4.78 is 5.97. The Morgan fingerprint density at radius 1 is 1.33 bits per heavy atom. The van der Waals surface area contributed by atoms with Gasteiger partial charge < -0.3 is 10.5 Å². The van der Waals surface area contributed by atoms with Crippen molar-refractivity contribution in [1.29, 1.82) is 0 Å². The van der Waals surface area contributed by atoms with Crippen LogP contribution in [0, 0.1) is 6.92 Å². The van der Waals surface area contributed by atoms with Crippen LogP contribution in [-0.4, -0.2) is 6.10 Å². The monoisotopic (exact) mass is 205 g/mol. The van der Waals surface area contributed by atoms with Crippen molar-refractivity contribution >= 4 is 0 Å². The molecule has 0 spiro atoms. The minimum absolute atomic E-state index is 0.415. The van der Waals surface area contributed by atoms with E-state index in [0.717, 1.165) is 11.3 Å². The fraction of sp³-hybridized carbons (Fsp3) is 0.538. The second kappa shape index (κ2) is 4.67. The lowest BCUT2D eigenvalue weighted by Gasteiger charge is -2.16. The van der Waals surface area contributed by atoms with Crippen molar-refractivity contribution < 1.29 is 4.74 Å². The summed E-state index contributed by atoms with van der Waals surface area (Å²) in [5.41, 5.74) is 8.09. The van der Waals surface area contributed by atoms with E-state index in [0.29, 0.717) is 12.6 Å². The summed E-state index contributed by atoms with van der Waals surface area (Å²) >= 11 is 0. The van der Waals surface area contributed by atoms with Crippen molar-refractivity contribution in [2.75, 3.05) is 0 Å². The zero-order chi connectivity index (χ0) is 10.7. The fourth-order valence-corrected chi connectivity index (χ4v) is 2.17. The maximum absolute atomic E-state index is 5.97. The Morgan fingerprint density at radius 2 is 2.07 bits per heavy atom. The average Bonchev–Trinajstić information content (AvgIpc) is 2.73. The normalized spacial score (nSPS) is 16.9. The van der Waals surface area contributed by atoms with Crippen LogP contribution in [0.4, 0.5) is 0 Å². The van der Waals surface area contributed by atoms with Gasteiger partial charge in [-0.05, 0) is 38.7 Å². The molecule has 0 aliphatic heterocycles. The van der Waals surface area contributed by atoms with Crippen LogP contribution in [0.15, 0.2) is 18.2 Å². The van der Waals surface area contributed by atoms with Crippen molar-refractivity contribution in [2.24, 2.45) is 5.73 Å². The van der Waals surface area contributed by atoms with Crippen LogP contribution in [0.2, 0.25) is 0 Å². The van der Waals surface area contributed by atoms with Crippen molar-refractivity contribution in [3.05, 3.63) is 29.3 Å². The highest BCUT2D eigenvalue weighted by atomic mass is 16.5. The van der Waals surface area contributed by atoms with E-state index in [1.54, 1.807) is 0 Å². The van der Waals surface area contributed by atoms with Gasteiger partial charge in [-0.3, -0.25) is 0 Å². The third-order valence-electron chi connectivity index (χ3n) is 3.03. The molecule has 1 aromatic rings. The van der Waals surface area contributed by atoms with E-state index < -0.39 is 0 Å². The Balaban J connectivity index is 2.12. The molecule has 2 rings (SSSR count). The molecule has 1 aliphatic carbocycles. The Morgan fingerprint density at radius 3 is 2.73 bits per heavy atom. The molecule has 0 atom stereocenters. The predicted octanol–water partition coefficient (Wildman–Crippen LogP) is 2.78. The zero-order valence-corrected chi connectivity index (χ0v) is 9.33. The van der Waals surface area contributed by atoms with Gasteiger partial charge in [-0.2, -0.15) is 0 Å². The van der Waals surface area contributed by atoms with Gasteiger partial charge in [-0.15, -0.1) is 0 Å². The number of ether oxygens (including phenoxy) is 1. The molecule has 0 aromatic heterocycles. The molecule has 0 saturated heterocycles. The van der Waals surface area contributed by atoms with Crippen LogP contribution in [-0.2, 0) is 6.54 Å². The van der Waals surface area contributed by atoms with Crippen LogP contribution < -0.4 is 10.5 Å². The topological polar surface area (TPSA) is 35.2 Å². The quantitative estimate of drug-likeness (QED) is 0.823. The third-order valence-corrected chi connectivity index (χ3v) is 3.03. The van der Waals surface area contributed by atoms with Gasteiger partial charge >= 0.3 is 0 Å². The minimum Gasteiger partial charge on any atom is -0.490 e. The van der Waals surface area contributed by atoms with Gasteiger partial charge in [-0.1, -0.05) is 17.7 Å². The van der Waals surface area contributed by atoms with E-state index in [2.05, 4.69) is 25.1 Å². The first kappa shape index (κ1) is 10.5. The number of nitrogens with two attached hydrogens (primary N) is 1. The van der Waals surface area contributed by atoms with Crippen LogP contribution >= 0.6 is 0 Å². The molecule has 2 N–H and O–H groups in total. The number of hydrogen-bond donors (Lipinski definition) is 1. The van der Waals surface area contributed by atoms with Gasteiger partial charge in [0.1, 0.15) is 5.75 Å². The summed E-state index contributed by atoms with van der Waals surface area (Å²) in [6.07, 6.45) is 5.40. The largest absolute Gasteiger partial charge is 0.490 e. The van der Waals surface area contributed by atoms with Crippen LogP contribution in [0.25, 0.3) is 0 Å². The molecule has 0 radical (unpaired) electrons. The van der Waals surface area contributed by atoms with Gasteiger partial charge in [0, 0.05) is 12.1 Å².